The normalized spacial score (nSPS) is 11.8. The van der Waals surface area contributed by atoms with E-state index in [1.807, 2.05) is 44.2 Å². The average molecular weight is 289 g/mol. The monoisotopic (exact) mass is 289 g/mol. The van der Waals surface area contributed by atoms with E-state index < -0.39 is 0 Å². The van der Waals surface area contributed by atoms with E-state index in [1.54, 1.807) is 6.07 Å². The van der Waals surface area contributed by atoms with Crippen molar-refractivity contribution in [3.8, 4) is 11.5 Å². The zero-order valence-electron chi connectivity index (χ0n) is 12.5. The van der Waals surface area contributed by atoms with Crippen LogP contribution in [-0.2, 0) is 0 Å². The summed E-state index contributed by atoms with van der Waals surface area (Å²) in [6.45, 7) is 4.56. The Morgan fingerprint density at radius 2 is 2.00 bits per heavy atom. The van der Waals surface area contributed by atoms with Crippen LogP contribution >= 0.6 is 0 Å². The summed E-state index contributed by atoms with van der Waals surface area (Å²) >= 11 is 0. The molecule has 21 heavy (non-hydrogen) atoms. The standard InChI is InChI=1S/C17H20FNO2/c1-4-21-15-7-5-6-14(11-15)19-12(2)13-8-9-17(20-3)16(18)10-13/h5-12,19H,4H2,1-3H3. The number of rotatable bonds is 6. The Labute approximate surface area is 124 Å². The van der Waals surface area contributed by atoms with Crippen LogP contribution in [0.15, 0.2) is 42.5 Å². The summed E-state index contributed by atoms with van der Waals surface area (Å²) in [5.41, 5.74) is 1.79. The minimum atomic E-state index is -0.355. The Bertz CT molecular complexity index is 601. The highest BCUT2D eigenvalue weighted by Gasteiger charge is 2.10. The van der Waals surface area contributed by atoms with Crippen LogP contribution < -0.4 is 14.8 Å². The first-order valence-corrected chi connectivity index (χ1v) is 6.97. The van der Waals surface area contributed by atoms with Crippen molar-refractivity contribution in [2.75, 3.05) is 19.0 Å². The van der Waals surface area contributed by atoms with Crippen LogP contribution in [0.25, 0.3) is 0 Å². The van der Waals surface area contributed by atoms with E-state index in [-0.39, 0.29) is 17.6 Å². The number of halogens is 1. The predicted octanol–water partition coefficient (Wildman–Crippen LogP) is 4.41. The van der Waals surface area contributed by atoms with E-state index in [1.165, 1.54) is 13.2 Å². The molecule has 4 heteroatoms. The van der Waals surface area contributed by atoms with Gasteiger partial charge in [0.1, 0.15) is 5.75 Å². The van der Waals surface area contributed by atoms with Gasteiger partial charge in [-0.25, -0.2) is 4.39 Å². The van der Waals surface area contributed by atoms with E-state index >= 15 is 0 Å². The SMILES string of the molecule is CCOc1cccc(NC(C)c2ccc(OC)c(F)c2)c1. The summed E-state index contributed by atoms with van der Waals surface area (Å²) < 4.78 is 24.1. The summed E-state index contributed by atoms with van der Waals surface area (Å²) in [4.78, 5) is 0. The van der Waals surface area contributed by atoms with Crippen LogP contribution in [0, 0.1) is 5.82 Å². The highest BCUT2D eigenvalue weighted by atomic mass is 19.1. The van der Waals surface area contributed by atoms with Gasteiger partial charge < -0.3 is 14.8 Å². The van der Waals surface area contributed by atoms with Gasteiger partial charge in [-0.05, 0) is 43.7 Å². The maximum absolute atomic E-state index is 13.7. The third-order valence-electron chi connectivity index (χ3n) is 3.20. The van der Waals surface area contributed by atoms with E-state index in [0.717, 1.165) is 17.0 Å². The maximum atomic E-state index is 13.7. The van der Waals surface area contributed by atoms with Crippen LogP contribution in [0.2, 0.25) is 0 Å². The molecule has 0 aliphatic rings. The summed E-state index contributed by atoms with van der Waals surface area (Å²) in [6.07, 6.45) is 0. The molecule has 1 atom stereocenters. The smallest absolute Gasteiger partial charge is 0.165 e. The van der Waals surface area contributed by atoms with Gasteiger partial charge >= 0.3 is 0 Å². The van der Waals surface area contributed by atoms with Crippen molar-refractivity contribution in [1.82, 2.24) is 0 Å². The molecule has 112 valence electrons. The van der Waals surface area contributed by atoms with Crippen LogP contribution in [0.5, 0.6) is 11.5 Å². The molecule has 0 aliphatic carbocycles. The van der Waals surface area contributed by atoms with Gasteiger partial charge in [0.15, 0.2) is 11.6 Å². The molecular weight excluding hydrogens is 269 g/mol. The lowest BCUT2D eigenvalue weighted by molar-refractivity contribution is 0.340. The largest absolute Gasteiger partial charge is 0.494 e. The number of nitrogens with one attached hydrogen (secondary N) is 1. The molecule has 3 nitrogen and oxygen atoms in total. The van der Waals surface area contributed by atoms with Gasteiger partial charge in [0, 0.05) is 17.8 Å². The highest BCUT2D eigenvalue weighted by Crippen LogP contribution is 2.25. The summed E-state index contributed by atoms with van der Waals surface area (Å²) in [6, 6.07) is 12.7. The minimum absolute atomic E-state index is 0.0257. The fourth-order valence-corrected chi connectivity index (χ4v) is 2.13. The first-order chi connectivity index (χ1) is 10.1. The second kappa shape index (κ2) is 6.97. The molecule has 0 saturated heterocycles. The molecule has 0 radical (unpaired) electrons. The third kappa shape index (κ3) is 3.88. The lowest BCUT2D eigenvalue weighted by atomic mass is 10.1. The number of anilines is 1. The Balaban J connectivity index is 2.12. The van der Waals surface area contributed by atoms with E-state index in [2.05, 4.69) is 5.32 Å². The van der Waals surface area contributed by atoms with Crippen molar-refractivity contribution < 1.29 is 13.9 Å². The predicted molar refractivity (Wildman–Crippen MR) is 82.6 cm³/mol. The zero-order valence-corrected chi connectivity index (χ0v) is 12.5. The van der Waals surface area contributed by atoms with E-state index in [4.69, 9.17) is 9.47 Å². The fourth-order valence-electron chi connectivity index (χ4n) is 2.13. The molecule has 0 aromatic heterocycles. The second-order valence-corrected chi connectivity index (χ2v) is 4.72. The Morgan fingerprint density at radius 1 is 1.19 bits per heavy atom. The van der Waals surface area contributed by atoms with Crippen LogP contribution in [-0.4, -0.2) is 13.7 Å². The number of hydrogen-bond acceptors (Lipinski definition) is 3. The number of methoxy groups -OCH3 is 1. The maximum Gasteiger partial charge on any atom is 0.165 e. The number of ether oxygens (including phenoxy) is 2. The Morgan fingerprint density at radius 3 is 2.67 bits per heavy atom. The van der Waals surface area contributed by atoms with Gasteiger partial charge in [0.2, 0.25) is 0 Å². The molecular formula is C17H20FNO2. The molecule has 1 N–H and O–H groups in total. The zero-order chi connectivity index (χ0) is 15.2. The van der Waals surface area contributed by atoms with E-state index in [0.29, 0.717) is 6.61 Å². The molecule has 0 aliphatic heterocycles. The average Bonchev–Trinajstić information content (AvgIpc) is 2.48. The highest BCUT2D eigenvalue weighted by molar-refractivity contribution is 5.50. The number of benzene rings is 2. The van der Waals surface area contributed by atoms with Crippen molar-refractivity contribution in [3.63, 3.8) is 0 Å². The van der Waals surface area contributed by atoms with Crippen LogP contribution in [0.4, 0.5) is 10.1 Å². The lowest BCUT2D eigenvalue weighted by Gasteiger charge is -2.17. The fraction of sp³-hybridized carbons (Fsp3) is 0.294. The van der Waals surface area contributed by atoms with Gasteiger partial charge in [-0.3, -0.25) is 0 Å². The first kappa shape index (κ1) is 15.2. The molecule has 0 fully saturated rings. The Kier molecular flexibility index (Phi) is 5.04. The summed E-state index contributed by atoms with van der Waals surface area (Å²) in [5.74, 6) is 0.714. The Hall–Kier alpha value is -2.23. The van der Waals surface area contributed by atoms with Gasteiger partial charge in [-0.15, -0.1) is 0 Å². The molecule has 1 unspecified atom stereocenters. The molecule has 0 bridgehead atoms. The van der Waals surface area contributed by atoms with Gasteiger partial charge in [-0.2, -0.15) is 0 Å². The molecule has 0 amide bonds. The van der Waals surface area contributed by atoms with Gasteiger partial charge in [0.05, 0.1) is 13.7 Å². The number of hydrogen-bond donors (Lipinski definition) is 1. The van der Waals surface area contributed by atoms with Crippen molar-refractivity contribution in [2.24, 2.45) is 0 Å². The molecule has 0 heterocycles. The molecule has 0 spiro atoms. The molecule has 2 aromatic rings. The van der Waals surface area contributed by atoms with Crippen molar-refractivity contribution >= 4 is 5.69 Å². The lowest BCUT2D eigenvalue weighted by Crippen LogP contribution is -2.07. The molecule has 0 saturated carbocycles. The topological polar surface area (TPSA) is 30.5 Å². The quantitative estimate of drug-likeness (QED) is 0.854. The summed E-state index contributed by atoms with van der Waals surface area (Å²) in [5, 5.41) is 3.33. The van der Waals surface area contributed by atoms with Crippen molar-refractivity contribution in [3.05, 3.63) is 53.8 Å². The molecule has 2 rings (SSSR count). The first-order valence-electron chi connectivity index (χ1n) is 6.97. The molecule has 2 aromatic carbocycles. The van der Waals surface area contributed by atoms with Gasteiger partial charge in [-0.1, -0.05) is 12.1 Å². The van der Waals surface area contributed by atoms with Crippen molar-refractivity contribution in [1.29, 1.82) is 0 Å². The van der Waals surface area contributed by atoms with Gasteiger partial charge in [0.25, 0.3) is 0 Å². The van der Waals surface area contributed by atoms with Crippen LogP contribution in [0.1, 0.15) is 25.5 Å². The van der Waals surface area contributed by atoms with E-state index in [9.17, 15) is 4.39 Å². The second-order valence-electron chi connectivity index (χ2n) is 4.72. The third-order valence-corrected chi connectivity index (χ3v) is 3.20. The summed E-state index contributed by atoms with van der Waals surface area (Å²) in [7, 11) is 1.46. The van der Waals surface area contributed by atoms with Crippen LogP contribution in [0.3, 0.4) is 0 Å². The van der Waals surface area contributed by atoms with Crippen molar-refractivity contribution in [2.45, 2.75) is 19.9 Å². The minimum Gasteiger partial charge on any atom is -0.494 e.